The van der Waals surface area contributed by atoms with Gasteiger partial charge in [0.1, 0.15) is 19.0 Å². The monoisotopic (exact) mass is 430 g/mol. The lowest BCUT2D eigenvalue weighted by Crippen LogP contribution is -2.44. The van der Waals surface area contributed by atoms with E-state index in [1.54, 1.807) is 12.1 Å². The Morgan fingerprint density at radius 1 is 1.19 bits per heavy atom. The summed E-state index contributed by atoms with van der Waals surface area (Å²) in [5.41, 5.74) is 2.42. The van der Waals surface area contributed by atoms with Gasteiger partial charge in [0.15, 0.2) is 0 Å². The van der Waals surface area contributed by atoms with Crippen molar-refractivity contribution in [3.8, 4) is 0 Å². The fourth-order valence-electron chi connectivity index (χ4n) is 3.54. The number of ether oxygens (including phenoxy) is 2. The molecule has 2 heterocycles. The smallest absolute Gasteiger partial charge is 0.262 e. The highest BCUT2D eigenvalue weighted by Gasteiger charge is 2.35. The van der Waals surface area contributed by atoms with E-state index in [0.717, 1.165) is 17.0 Å². The van der Waals surface area contributed by atoms with E-state index in [2.05, 4.69) is 5.10 Å². The lowest BCUT2D eigenvalue weighted by Gasteiger charge is -2.26. The standard InChI is InChI=1S/C22H27FN4O4/c1-25-10-4-5-19(25)18-13-20(16-6-8-17(23)9-7-16)27(24-18)21(28)14-26(11-12-30-2)22(29)15-31-3/h4-10,20H,11-15H2,1-3H3. The maximum atomic E-state index is 13.5. The van der Waals surface area contributed by atoms with Gasteiger partial charge < -0.3 is 18.9 Å². The van der Waals surface area contributed by atoms with Gasteiger partial charge in [0.2, 0.25) is 5.91 Å². The van der Waals surface area contributed by atoms with Gasteiger partial charge in [-0.25, -0.2) is 9.40 Å². The molecule has 8 nitrogen and oxygen atoms in total. The Balaban J connectivity index is 1.87. The third kappa shape index (κ3) is 5.36. The quantitative estimate of drug-likeness (QED) is 0.610. The molecule has 2 amide bonds. The maximum Gasteiger partial charge on any atom is 0.262 e. The van der Waals surface area contributed by atoms with Crippen molar-refractivity contribution in [2.24, 2.45) is 12.1 Å². The second-order valence-corrected chi connectivity index (χ2v) is 7.30. The van der Waals surface area contributed by atoms with Gasteiger partial charge in [-0.05, 0) is 29.8 Å². The van der Waals surface area contributed by atoms with Crippen LogP contribution in [0.2, 0.25) is 0 Å². The Morgan fingerprint density at radius 2 is 1.94 bits per heavy atom. The van der Waals surface area contributed by atoms with Crippen molar-refractivity contribution in [1.29, 1.82) is 0 Å². The Labute approximate surface area is 180 Å². The Bertz CT molecular complexity index is 941. The van der Waals surface area contributed by atoms with Crippen LogP contribution in [-0.2, 0) is 26.1 Å². The number of aromatic nitrogens is 1. The predicted octanol–water partition coefficient (Wildman–Crippen LogP) is 1.96. The highest BCUT2D eigenvalue weighted by atomic mass is 19.1. The van der Waals surface area contributed by atoms with E-state index in [-0.39, 0.29) is 43.4 Å². The van der Waals surface area contributed by atoms with Crippen LogP contribution < -0.4 is 0 Å². The molecule has 0 bridgehead atoms. The number of carbonyl (C=O) groups is 2. The van der Waals surface area contributed by atoms with E-state index >= 15 is 0 Å². The first-order valence-electron chi connectivity index (χ1n) is 9.97. The SMILES string of the molecule is COCCN(CC(=O)N1N=C(c2cccn2C)CC1c1ccc(F)cc1)C(=O)COC. The molecule has 0 fully saturated rings. The van der Waals surface area contributed by atoms with Crippen molar-refractivity contribution in [3.63, 3.8) is 0 Å². The van der Waals surface area contributed by atoms with Crippen LogP contribution in [0.1, 0.15) is 23.7 Å². The first-order valence-corrected chi connectivity index (χ1v) is 9.97. The van der Waals surface area contributed by atoms with Gasteiger partial charge in [0.25, 0.3) is 5.91 Å². The van der Waals surface area contributed by atoms with Crippen molar-refractivity contribution < 1.29 is 23.5 Å². The van der Waals surface area contributed by atoms with Crippen molar-refractivity contribution in [1.82, 2.24) is 14.5 Å². The van der Waals surface area contributed by atoms with Crippen LogP contribution in [0.5, 0.6) is 0 Å². The van der Waals surface area contributed by atoms with Crippen LogP contribution in [0, 0.1) is 5.82 Å². The average molecular weight is 430 g/mol. The minimum Gasteiger partial charge on any atom is -0.383 e. The molecular weight excluding hydrogens is 403 g/mol. The van der Waals surface area contributed by atoms with Gasteiger partial charge in [-0.15, -0.1) is 0 Å². The molecule has 31 heavy (non-hydrogen) atoms. The molecule has 1 aliphatic heterocycles. The third-order valence-electron chi connectivity index (χ3n) is 5.17. The summed E-state index contributed by atoms with van der Waals surface area (Å²) in [4.78, 5) is 27.0. The van der Waals surface area contributed by atoms with E-state index in [4.69, 9.17) is 9.47 Å². The van der Waals surface area contributed by atoms with Gasteiger partial charge in [0.05, 0.1) is 24.1 Å². The number of methoxy groups -OCH3 is 2. The largest absolute Gasteiger partial charge is 0.383 e. The van der Waals surface area contributed by atoms with E-state index in [1.165, 1.54) is 36.3 Å². The number of halogens is 1. The number of carbonyl (C=O) groups excluding carboxylic acids is 2. The van der Waals surface area contributed by atoms with Crippen molar-refractivity contribution in [2.75, 3.05) is 40.5 Å². The zero-order valence-electron chi connectivity index (χ0n) is 18.0. The third-order valence-corrected chi connectivity index (χ3v) is 5.17. The Kier molecular flexibility index (Phi) is 7.54. The highest BCUT2D eigenvalue weighted by Crippen LogP contribution is 2.33. The normalized spacial score (nSPS) is 15.8. The molecule has 1 unspecified atom stereocenters. The number of rotatable bonds is 9. The number of nitrogens with zero attached hydrogens (tertiary/aromatic N) is 4. The molecule has 1 atom stereocenters. The summed E-state index contributed by atoms with van der Waals surface area (Å²) in [6.45, 7) is 0.263. The Hall–Kier alpha value is -3.04. The lowest BCUT2D eigenvalue weighted by atomic mass is 10.0. The van der Waals surface area contributed by atoms with Crippen LogP contribution >= 0.6 is 0 Å². The Morgan fingerprint density at radius 3 is 2.55 bits per heavy atom. The fourth-order valence-corrected chi connectivity index (χ4v) is 3.54. The minimum absolute atomic E-state index is 0.129. The van der Waals surface area contributed by atoms with Crippen LogP contribution in [0.15, 0.2) is 47.7 Å². The number of hydrogen-bond acceptors (Lipinski definition) is 5. The van der Waals surface area contributed by atoms with Crippen LogP contribution in [0.3, 0.4) is 0 Å². The molecular formula is C22H27FN4O4. The molecule has 0 saturated heterocycles. The van der Waals surface area contributed by atoms with Crippen molar-refractivity contribution in [2.45, 2.75) is 12.5 Å². The second kappa shape index (κ2) is 10.3. The van der Waals surface area contributed by atoms with Crippen LogP contribution in [0.4, 0.5) is 4.39 Å². The number of hydrazone groups is 1. The number of aryl methyl sites for hydroxylation is 1. The second-order valence-electron chi connectivity index (χ2n) is 7.30. The van der Waals surface area contributed by atoms with Gasteiger partial charge in [0, 0.05) is 40.4 Å². The van der Waals surface area contributed by atoms with E-state index < -0.39 is 0 Å². The number of hydrogen-bond donors (Lipinski definition) is 0. The van der Waals surface area contributed by atoms with Crippen LogP contribution in [-0.4, -0.2) is 72.5 Å². The molecule has 3 rings (SSSR count). The lowest BCUT2D eigenvalue weighted by molar-refractivity contribution is -0.144. The first-order chi connectivity index (χ1) is 14.9. The molecule has 166 valence electrons. The number of amides is 2. The van der Waals surface area contributed by atoms with E-state index in [9.17, 15) is 14.0 Å². The summed E-state index contributed by atoms with van der Waals surface area (Å²) in [5.74, 6) is -0.990. The van der Waals surface area contributed by atoms with Gasteiger partial charge >= 0.3 is 0 Å². The topological polar surface area (TPSA) is 76.4 Å². The van der Waals surface area contributed by atoms with Gasteiger partial charge in [-0.3, -0.25) is 9.59 Å². The minimum atomic E-state index is -0.389. The van der Waals surface area contributed by atoms with E-state index in [0.29, 0.717) is 13.0 Å². The summed E-state index contributed by atoms with van der Waals surface area (Å²) < 4.78 is 25.4. The molecule has 0 saturated carbocycles. The zero-order valence-corrected chi connectivity index (χ0v) is 18.0. The summed E-state index contributed by atoms with van der Waals surface area (Å²) in [7, 11) is 4.86. The molecule has 0 N–H and O–H groups in total. The zero-order chi connectivity index (χ0) is 22.4. The number of benzene rings is 1. The molecule has 0 spiro atoms. The van der Waals surface area contributed by atoms with Crippen molar-refractivity contribution in [3.05, 3.63) is 59.7 Å². The maximum absolute atomic E-state index is 13.5. The molecule has 2 aromatic rings. The molecule has 1 aromatic heterocycles. The summed E-state index contributed by atoms with van der Waals surface area (Å²) >= 11 is 0. The molecule has 9 heteroatoms. The van der Waals surface area contributed by atoms with Gasteiger partial charge in [-0.1, -0.05) is 12.1 Å². The fraction of sp³-hybridized carbons (Fsp3) is 0.409. The first kappa shape index (κ1) is 22.6. The molecule has 0 aliphatic carbocycles. The highest BCUT2D eigenvalue weighted by molar-refractivity contribution is 6.02. The summed E-state index contributed by atoms with van der Waals surface area (Å²) in [6.07, 6.45) is 2.39. The molecule has 1 aromatic carbocycles. The predicted molar refractivity (Wildman–Crippen MR) is 113 cm³/mol. The van der Waals surface area contributed by atoms with Crippen molar-refractivity contribution >= 4 is 17.5 Å². The van der Waals surface area contributed by atoms with Gasteiger partial charge in [-0.2, -0.15) is 5.10 Å². The van der Waals surface area contributed by atoms with Crippen LogP contribution in [0.25, 0.3) is 0 Å². The summed E-state index contributed by atoms with van der Waals surface area (Å²) in [5, 5.41) is 5.99. The van der Waals surface area contributed by atoms with E-state index in [1.807, 2.05) is 29.9 Å². The molecule has 1 aliphatic rings. The summed E-state index contributed by atoms with van der Waals surface area (Å²) in [6, 6.07) is 9.49. The average Bonchev–Trinajstić information content (AvgIpc) is 3.38. The molecule has 0 radical (unpaired) electrons.